The molecule has 0 aromatic carbocycles. The fourth-order valence-electron chi connectivity index (χ4n) is 15.8. The molecule has 0 bridgehead atoms. The van der Waals surface area contributed by atoms with Crippen molar-refractivity contribution in [2.45, 2.75) is 48.2 Å². The number of hydrogen-bond donors (Lipinski definition) is 1. The summed E-state index contributed by atoms with van der Waals surface area (Å²) in [4.78, 5) is 15.9. The van der Waals surface area contributed by atoms with Crippen molar-refractivity contribution in [2.24, 2.45) is 0 Å². The number of hydrogen-bond acceptors (Lipinski definition) is 1. The van der Waals surface area contributed by atoms with Crippen LogP contribution in [0.4, 0.5) is 0 Å². The molecule has 10 aliphatic rings. The third-order valence-corrected chi connectivity index (χ3v) is 56.5. The Hall–Kier alpha value is 0.544. The predicted octanol–water partition coefficient (Wildman–Crippen LogP) is 1.90. The first-order valence-electron chi connectivity index (χ1n) is 5.82. The van der Waals surface area contributed by atoms with E-state index in [4.69, 9.17) is 5.02 Å². The van der Waals surface area contributed by atoms with Crippen molar-refractivity contribution in [2.75, 3.05) is 0 Å². The van der Waals surface area contributed by atoms with Crippen LogP contribution in [0.25, 0.3) is 0 Å². The molecule has 13 heavy (non-hydrogen) atoms. The van der Waals surface area contributed by atoms with E-state index in [0.717, 1.165) is 8.05 Å². The van der Waals surface area contributed by atoms with E-state index < -0.39 is 6.51 Å². The Labute approximate surface area is 68.0 Å². The second-order valence-corrected chi connectivity index (χ2v) is 33.5. The molecule has 0 aliphatic carbocycles. The Morgan fingerprint density at radius 1 is 0.538 bits per heavy atom. The van der Waals surface area contributed by atoms with Crippen LogP contribution in [-0.4, -0.2) is 13.1 Å². The monoisotopic (exact) mass is 216 g/mol. The third-order valence-electron chi connectivity index (χ3n) is 14.5. The maximum absolute atomic E-state index is 7.00. The quantitative estimate of drug-likeness (QED) is 0.613. The molecule has 0 radical (unpaired) electrons. The van der Waals surface area contributed by atoms with Crippen molar-refractivity contribution >= 4 is 8.05 Å². The van der Waals surface area contributed by atoms with Gasteiger partial charge in [-0.05, 0) is 0 Å². The molecule has 70 valence electrons. The van der Waals surface area contributed by atoms with Crippen LogP contribution < -0.4 is 0 Å². The first-order valence-corrected chi connectivity index (χ1v) is 12.2. The molecule has 3 heteroatoms. The number of rotatable bonds is 0. The summed E-state index contributed by atoms with van der Waals surface area (Å²) in [6.07, 6.45) is 0. The van der Waals surface area contributed by atoms with Crippen molar-refractivity contribution in [3.63, 3.8) is 0 Å². The summed E-state index contributed by atoms with van der Waals surface area (Å²) in [5, 5.41) is 7.00. The van der Waals surface area contributed by atoms with Gasteiger partial charge in [-0.2, -0.15) is 0 Å². The second kappa shape index (κ2) is 0.293. The van der Waals surface area contributed by atoms with Crippen LogP contribution in [-0.2, 0) is 6.51 Å². The molecule has 10 heterocycles. The molecule has 1 spiro atoms. The molecular formula is C10H13BFeO. The van der Waals surface area contributed by atoms with Crippen LogP contribution >= 0.6 is 0 Å². The van der Waals surface area contributed by atoms with E-state index in [-0.39, 0.29) is 0 Å². The van der Waals surface area contributed by atoms with Gasteiger partial charge in [-0.1, -0.05) is 0 Å². The van der Waals surface area contributed by atoms with Gasteiger partial charge in [-0.15, -0.1) is 0 Å². The first-order chi connectivity index (χ1) is 6.16. The molecule has 10 saturated heterocycles. The van der Waals surface area contributed by atoms with Gasteiger partial charge in [0.25, 0.3) is 8.05 Å². The molecule has 0 atom stereocenters. The van der Waals surface area contributed by atoms with Gasteiger partial charge in [0.2, 0.25) is 0 Å². The van der Waals surface area contributed by atoms with Crippen LogP contribution in [0.5, 0.6) is 0 Å². The predicted molar refractivity (Wildman–Crippen MR) is 48.3 cm³/mol. The van der Waals surface area contributed by atoms with E-state index in [1.54, 1.807) is 48.2 Å². The molecule has 1 N–H and O–H groups in total. The van der Waals surface area contributed by atoms with Gasteiger partial charge in [0, 0.05) is 0 Å². The molecule has 0 unspecified atom stereocenters. The SMILES string of the molecule is BO.[CH]12[CH]3[CH]4[CH]5[CH]1[Fe]23451678[CH]2[CH]1[CH]6[CH]7[CH]28. The Bertz CT molecular complexity index is 582. The van der Waals surface area contributed by atoms with Crippen LogP contribution in [0.15, 0.2) is 0 Å². The van der Waals surface area contributed by atoms with E-state index in [0.29, 0.717) is 0 Å². The van der Waals surface area contributed by atoms with Gasteiger partial charge in [-0.25, -0.2) is 0 Å². The van der Waals surface area contributed by atoms with E-state index in [2.05, 4.69) is 0 Å². The van der Waals surface area contributed by atoms with E-state index in [1.165, 1.54) is 0 Å². The van der Waals surface area contributed by atoms with Crippen molar-refractivity contribution in [3.05, 3.63) is 0 Å². The minimum atomic E-state index is -2.28. The van der Waals surface area contributed by atoms with Crippen molar-refractivity contribution < 1.29 is 11.5 Å². The average molecular weight is 216 g/mol. The molecule has 10 fully saturated rings. The zero-order chi connectivity index (χ0) is 8.09. The van der Waals surface area contributed by atoms with E-state index in [9.17, 15) is 0 Å². The van der Waals surface area contributed by atoms with Gasteiger partial charge >= 0.3 is 54.7 Å². The molecule has 1 nitrogen and oxygen atoms in total. The van der Waals surface area contributed by atoms with Gasteiger partial charge in [0.15, 0.2) is 0 Å². The second-order valence-electron chi connectivity index (χ2n) is 9.58. The normalized spacial score (nSPS) is 145. The van der Waals surface area contributed by atoms with Gasteiger partial charge in [0.05, 0.1) is 0 Å². The Kier molecular flexibility index (Phi) is 0.103. The maximum atomic E-state index is 7.00. The average Bonchev–Trinajstić information content (AvgIpc) is 3.15. The molecule has 0 amide bonds. The standard InChI is InChI=1S/2C5H5.BH3O.Fe/c2*1-2-4-5-3-1;1-2;/h2*1-5H;2H,1H2;. The molecule has 10 rings (SSSR count). The fraction of sp³-hybridized carbons (Fsp3) is 1.00. The van der Waals surface area contributed by atoms with Crippen LogP contribution in [0.3, 0.4) is 0 Å². The van der Waals surface area contributed by atoms with Gasteiger partial charge in [-0.3, -0.25) is 0 Å². The molecular weight excluding hydrogens is 203 g/mol. The van der Waals surface area contributed by atoms with Gasteiger partial charge < -0.3 is 5.02 Å². The molecule has 0 aromatic rings. The Morgan fingerprint density at radius 3 is 0.692 bits per heavy atom. The third kappa shape index (κ3) is 0.0347. The van der Waals surface area contributed by atoms with Crippen molar-refractivity contribution in [1.29, 1.82) is 0 Å². The Morgan fingerprint density at radius 2 is 0.692 bits per heavy atom. The van der Waals surface area contributed by atoms with E-state index in [1.807, 2.05) is 0 Å². The summed E-state index contributed by atoms with van der Waals surface area (Å²) in [7, 11) is 1.00. The Balaban J connectivity index is 0.000000212. The molecule has 0 aromatic heterocycles. The van der Waals surface area contributed by atoms with Crippen LogP contribution in [0, 0.1) is 0 Å². The summed E-state index contributed by atoms with van der Waals surface area (Å²) < 4.78 is 0. The zero-order valence-electron chi connectivity index (χ0n) is 7.57. The fourth-order valence-corrected chi connectivity index (χ4v) is 88.0. The summed E-state index contributed by atoms with van der Waals surface area (Å²) in [6.45, 7) is -2.28. The first kappa shape index (κ1) is 4.59. The topological polar surface area (TPSA) is 20.2 Å². The summed E-state index contributed by atoms with van der Waals surface area (Å²) in [5.74, 6) is 0. The van der Waals surface area contributed by atoms with Crippen LogP contribution in [0.2, 0.25) is 48.2 Å². The summed E-state index contributed by atoms with van der Waals surface area (Å²) in [5.41, 5.74) is 0. The molecule has 0 saturated carbocycles. The zero-order valence-corrected chi connectivity index (χ0v) is 8.68. The van der Waals surface area contributed by atoms with Crippen molar-refractivity contribution in [3.8, 4) is 0 Å². The minimum absolute atomic E-state index is 1.00. The summed E-state index contributed by atoms with van der Waals surface area (Å²) in [6, 6.07) is 0. The number of fused-ring (bicyclic) bond motifs is 10. The van der Waals surface area contributed by atoms with Crippen LogP contribution in [0.1, 0.15) is 0 Å². The van der Waals surface area contributed by atoms with Crippen molar-refractivity contribution in [1.82, 2.24) is 0 Å². The van der Waals surface area contributed by atoms with Gasteiger partial charge in [0.1, 0.15) is 0 Å². The van der Waals surface area contributed by atoms with E-state index >= 15 is 0 Å². The summed E-state index contributed by atoms with van der Waals surface area (Å²) >= 11 is 0. The molecule has 10 aliphatic heterocycles.